The van der Waals surface area contributed by atoms with E-state index in [-0.39, 0.29) is 11.7 Å². The van der Waals surface area contributed by atoms with Gasteiger partial charge in [-0.2, -0.15) is 0 Å². The average molecular weight is 471 g/mol. The molecule has 3 nitrogen and oxygen atoms in total. The molecule has 1 N–H and O–H groups in total. The van der Waals surface area contributed by atoms with Gasteiger partial charge in [0.15, 0.2) is 0 Å². The second-order valence-corrected chi connectivity index (χ2v) is 13.4. The van der Waals surface area contributed by atoms with Gasteiger partial charge < -0.3 is 9.84 Å². The van der Waals surface area contributed by atoms with Gasteiger partial charge >= 0.3 is 5.97 Å². The Hall–Kier alpha value is -1.25. The van der Waals surface area contributed by atoms with Crippen LogP contribution in [0.2, 0.25) is 0 Å². The highest BCUT2D eigenvalue weighted by molar-refractivity contribution is 5.85. The summed E-state index contributed by atoms with van der Waals surface area (Å²) < 4.78 is 5.93. The number of aliphatic carboxylic acids is 1. The molecule has 0 amide bonds. The first-order valence-electron chi connectivity index (χ1n) is 14.3. The maximum atomic E-state index is 11.1. The second kappa shape index (κ2) is 10.0. The Balaban J connectivity index is 1.44. The van der Waals surface area contributed by atoms with Crippen molar-refractivity contribution in [2.24, 2.45) is 46.3 Å². The third-order valence-electron chi connectivity index (χ3n) is 11.0. The molecule has 8 atom stereocenters. The Morgan fingerprint density at radius 1 is 1.12 bits per heavy atom. The molecule has 0 heterocycles. The smallest absolute Gasteiger partial charge is 0.334 e. The average Bonchev–Trinajstić information content (AvgIpc) is 3.14. The minimum Gasteiger partial charge on any atom is -0.497 e. The van der Waals surface area contributed by atoms with Gasteiger partial charge in [-0.05, 0) is 98.2 Å². The Morgan fingerprint density at radius 3 is 2.59 bits per heavy atom. The summed E-state index contributed by atoms with van der Waals surface area (Å²) in [5.74, 6) is 4.28. The van der Waals surface area contributed by atoms with Crippen molar-refractivity contribution >= 4 is 5.97 Å². The molecular weight excluding hydrogens is 420 g/mol. The number of carboxylic acids is 1. The van der Waals surface area contributed by atoms with Crippen LogP contribution < -0.4 is 0 Å². The molecule has 4 aliphatic rings. The Morgan fingerprint density at radius 2 is 1.88 bits per heavy atom. The van der Waals surface area contributed by atoms with Gasteiger partial charge in [0.1, 0.15) is 6.10 Å². The van der Waals surface area contributed by atoms with E-state index in [2.05, 4.69) is 40.7 Å². The number of hydrogen-bond acceptors (Lipinski definition) is 2. The second-order valence-electron chi connectivity index (χ2n) is 13.4. The molecule has 0 spiro atoms. The summed E-state index contributed by atoms with van der Waals surface area (Å²) >= 11 is 0. The molecule has 34 heavy (non-hydrogen) atoms. The number of hydrogen-bond donors (Lipinski definition) is 1. The molecule has 192 valence electrons. The monoisotopic (exact) mass is 470 g/mol. The Labute approximate surface area is 208 Å². The van der Waals surface area contributed by atoms with Gasteiger partial charge in [0, 0.05) is 6.42 Å². The highest BCUT2D eigenvalue weighted by Crippen LogP contribution is 2.67. The van der Waals surface area contributed by atoms with Crippen LogP contribution in [0.1, 0.15) is 112 Å². The zero-order valence-electron chi connectivity index (χ0n) is 22.7. The maximum absolute atomic E-state index is 11.1. The minimum absolute atomic E-state index is 0.126. The van der Waals surface area contributed by atoms with Gasteiger partial charge in [-0.15, -0.1) is 0 Å². The fourth-order valence-corrected chi connectivity index (χ4v) is 9.02. The van der Waals surface area contributed by atoms with Crippen molar-refractivity contribution in [3.8, 4) is 0 Å². The van der Waals surface area contributed by atoms with E-state index in [1.165, 1.54) is 64.0 Å². The van der Waals surface area contributed by atoms with E-state index in [1.807, 2.05) is 0 Å². The van der Waals surface area contributed by atoms with E-state index in [9.17, 15) is 4.79 Å². The zero-order chi connectivity index (χ0) is 24.7. The lowest BCUT2D eigenvalue weighted by Crippen LogP contribution is -2.50. The van der Waals surface area contributed by atoms with Crippen LogP contribution in [-0.4, -0.2) is 17.2 Å². The topological polar surface area (TPSA) is 46.5 Å². The lowest BCUT2D eigenvalue weighted by atomic mass is 9.47. The largest absolute Gasteiger partial charge is 0.497 e. The van der Waals surface area contributed by atoms with E-state index in [0.717, 1.165) is 48.3 Å². The number of rotatable bonds is 8. The number of carboxylic acid groups (broad SMARTS) is 1. The number of allylic oxidation sites excluding steroid dienone is 1. The summed E-state index contributed by atoms with van der Waals surface area (Å²) in [6, 6.07) is 0. The van der Waals surface area contributed by atoms with E-state index in [0.29, 0.717) is 10.8 Å². The SMILES string of the molecule is CC(=CO[C@H]1CC[C@@]2(C)C(=CC[C@H]3[C@@H]4CC[C@H]([C@H](C)CCCC(C)C)[C@@]4(C)CC[C@@H]32)C1)C(=O)O. The maximum Gasteiger partial charge on any atom is 0.334 e. The number of fused-ring (bicyclic) bond motifs is 5. The molecule has 0 aromatic carbocycles. The van der Waals surface area contributed by atoms with Gasteiger partial charge in [0.2, 0.25) is 0 Å². The first kappa shape index (κ1) is 25.8. The fraction of sp³-hybridized carbons (Fsp3) is 0.839. The summed E-state index contributed by atoms with van der Waals surface area (Å²) in [5.41, 5.74) is 2.74. The third-order valence-corrected chi connectivity index (χ3v) is 11.0. The first-order valence-corrected chi connectivity index (χ1v) is 14.3. The van der Waals surface area contributed by atoms with Crippen molar-refractivity contribution in [1.82, 2.24) is 0 Å². The predicted octanol–water partition coefficient (Wildman–Crippen LogP) is 8.40. The molecular formula is C31H50O3. The summed E-state index contributed by atoms with van der Waals surface area (Å²) in [4.78, 5) is 11.1. The van der Waals surface area contributed by atoms with E-state index in [4.69, 9.17) is 9.84 Å². The number of ether oxygens (including phenoxy) is 1. The molecule has 0 aromatic rings. The van der Waals surface area contributed by atoms with Gasteiger partial charge in [0.25, 0.3) is 0 Å². The Kier molecular flexibility index (Phi) is 7.61. The molecule has 3 saturated carbocycles. The lowest BCUT2D eigenvalue weighted by molar-refractivity contribution is -0.132. The molecule has 0 bridgehead atoms. The number of carbonyl (C=O) groups is 1. The highest BCUT2D eigenvalue weighted by atomic mass is 16.5. The molecule has 0 aromatic heterocycles. The van der Waals surface area contributed by atoms with Crippen LogP contribution in [0.25, 0.3) is 0 Å². The predicted molar refractivity (Wildman–Crippen MR) is 139 cm³/mol. The van der Waals surface area contributed by atoms with Crippen molar-refractivity contribution < 1.29 is 14.6 Å². The van der Waals surface area contributed by atoms with Crippen molar-refractivity contribution in [1.29, 1.82) is 0 Å². The highest BCUT2D eigenvalue weighted by Gasteiger charge is 2.59. The van der Waals surface area contributed by atoms with Crippen LogP contribution in [0, 0.1) is 46.3 Å². The zero-order valence-corrected chi connectivity index (χ0v) is 22.7. The van der Waals surface area contributed by atoms with Crippen molar-refractivity contribution in [2.75, 3.05) is 0 Å². The third kappa shape index (κ3) is 4.74. The van der Waals surface area contributed by atoms with Crippen LogP contribution in [-0.2, 0) is 9.53 Å². The fourth-order valence-electron chi connectivity index (χ4n) is 9.02. The van der Waals surface area contributed by atoms with Crippen LogP contribution in [0.3, 0.4) is 0 Å². The summed E-state index contributed by atoms with van der Waals surface area (Å²) in [6.45, 7) is 14.1. The lowest BCUT2D eigenvalue weighted by Gasteiger charge is -2.58. The quantitative estimate of drug-likeness (QED) is 0.220. The van der Waals surface area contributed by atoms with Gasteiger partial charge in [0.05, 0.1) is 11.8 Å². The molecule has 4 aliphatic carbocycles. The summed E-state index contributed by atoms with van der Waals surface area (Å²) in [6.07, 6.45) is 18.5. The molecule has 0 radical (unpaired) electrons. The van der Waals surface area contributed by atoms with Gasteiger partial charge in [-0.1, -0.05) is 65.5 Å². The standard InChI is InChI=1S/C31H50O3/c1-20(2)8-7-9-21(3)26-12-13-27-25-11-10-23-18-24(34-19-22(4)29(32)33)14-16-30(23,5)28(25)15-17-31(26,27)6/h10,19-21,24-28H,7-9,11-18H2,1-6H3,(H,32,33)/t21-,24+,25+,26-,27+,28+,30+,31-/m1/s1. The normalized spacial score (nSPS) is 40.7. The van der Waals surface area contributed by atoms with E-state index in [1.54, 1.807) is 12.5 Å². The Bertz CT molecular complexity index is 809. The summed E-state index contributed by atoms with van der Waals surface area (Å²) in [7, 11) is 0. The van der Waals surface area contributed by atoms with Crippen LogP contribution in [0.15, 0.2) is 23.5 Å². The molecule has 3 fully saturated rings. The molecule has 3 heteroatoms. The van der Waals surface area contributed by atoms with Gasteiger partial charge in [-0.25, -0.2) is 4.79 Å². The van der Waals surface area contributed by atoms with Crippen molar-refractivity contribution in [3.05, 3.63) is 23.5 Å². The van der Waals surface area contributed by atoms with E-state index >= 15 is 0 Å². The van der Waals surface area contributed by atoms with Crippen molar-refractivity contribution in [2.45, 2.75) is 118 Å². The molecule has 0 saturated heterocycles. The van der Waals surface area contributed by atoms with Crippen molar-refractivity contribution in [3.63, 3.8) is 0 Å². The van der Waals surface area contributed by atoms with Crippen LogP contribution >= 0.6 is 0 Å². The van der Waals surface area contributed by atoms with Crippen LogP contribution in [0.5, 0.6) is 0 Å². The van der Waals surface area contributed by atoms with Crippen LogP contribution in [0.4, 0.5) is 0 Å². The molecule has 4 rings (SSSR count). The minimum atomic E-state index is -0.894. The first-order chi connectivity index (χ1) is 16.1. The van der Waals surface area contributed by atoms with E-state index < -0.39 is 5.97 Å². The summed E-state index contributed by atoms with van der Waals surface area (Å²) in [5, 5.41) is 9.12. The molecule has 0 aliphatic heterocycles. The molecule has 0 unspecified atom stereocenters. The van der Waals surface area contributed by atoms with Gasteiger partial charge in [-0.3, -0.25) is 0 Å².